The number of rotatable bonds is 1. The van der Waals surface area contributed by atoms with Gasteiger partial charge in [-0.1, -0.05) is 13.8 Å². The molecule has 1 amide bonds. The molecule has 0 aromatic rings. The van der Waals surface area contributed by atoms with Gasteiger partial charge in [-0.05, 0) is 55.3 Å². The van der Waals surface area contributed by atoms with Crippen LogP contribution in [-0.2, 0) is 4.79 Å². The van der Waals surface area contributed by atoms with Gasteiger partial charge in [0.15, 0.2) is 0 Å². The lowest BCUT2D eigenvalue weighted by Gasteiger charge is -2.68. The molecule has 0 aromatic carbocycles. The van der Waals surface area contributed by atoms with Crippen molar-refractivity contribution in [2.45, 2.75) is 57.9 Å². The van der Waals surface area contributed by atoms with Gasteiger partial charge in [-0.3, -0.25) is 4.79 Å². The summed E-state index contributed by atoms with van der Waals surface area (Å²) in [6.45, 7) is 7.43. The average Bonchev–Trinajstić information content (AvgIpc) is 2.24. The molecule has 5 fully saturated rings. The standard InChI is InChI=1S/C16H26N2O/c1-14-5-12-6-15(2,9-14)11-16(7-12,10-14)18-4-3-17-8-13(18)19/h12,17H,3-11H2,1-2H3. The highest BCUT2D eigenvalue weighted by Crippen LogP contribution is 2.67. The van der Waals surface area contributed by atoms with E-state index in [4.69, 9.17) is 0 Å². The Balaban J connectivity index is 1.72. The summed E-state index contributed by atoms with van der Waals surface area (Å²) >= 11 is 0. The van der Waals surface area contributed by atoms with Crippen LogP contribution >= 0.6 is 0 Å². The van der Waals surface area contributed by atoms with Crippen LogP contribution in [0.4, 0.5) is 0 Å². The minimum Gasteiger partial charge on any atom is -0.335 e. The fraction of sp³-hybridized carbons (Fsp3) is 0.938. The number of hydrogen-bond acceptors (Lipinski definition) is 2. The maximum Gasteiger partial charge on any atom is 0.237 e. The molecule has 1 saturated heterocycles. The number of amides is 1. The van der Waals surface area contributed by atoms with E-state index in [-0.39, 0.29) is 5.54 Å². The highest BCUT2D eigenvalue weighted by molar-refractivity contribution is 5.80. The highest BCUT2D eigenvalue weighted by Gasteiger charge is 2.62. The molecule has 4 bridgehead atoms. The van der Waals surface area contributed by atoms with Gasteiger partial charge < -0.3 is 10.2 Å². The van der Waals surface area contributed by atoms with Crippen molar-refractivity contribution in [1.82, 2.24) is 10.2 Å². The Morgan fingerprint density at radius 2 is 1.79 bits per heavy atom. The van der Waals surface area contributed by atoms with E-state index in [2.05, 4.69) is 24.1 Å². The second-order valence-corrected chi connectivity index (χ2v) is 8.58. The molecular weight excluding hydrogens is 236 g/mol. The minimum atomic E-state index is 0.210. The van der Waals surface area contributed by atoms with Crippen LogP contribution in [0.5, 0.6) is 0 Å². The Morgan fingerprint density at radius 3 is 2.37 bits per heavy atom. The molecule has 3 heteroatoms. The van der Waals surface area contributed by atoms with Crippen LogP contribution in [0, 0.1) is 16.7 Å². The lowest BCUT2D eigenvalue weighted by molar-refractivity contribution is -0.177. The van der Waals surface area contributed by atoms with E-state index in [0.717, 1.165) is 19.0 Å². The van der Waals surface area contributed by atoms with Crippen molar-refractivity contribution in [1.29, 1.82) is 0 Å². The topological polar surface area (TPSA) is 32.3 Å². The third-order valence-electron chi connectivity index (χ3n) is 6.26. The second-order valence-electron chi connectivity index (χ2n) is 8.58. The molecule has 0 radical (unpaired) electrons. The normalized spacial score (nSPS) is 52.8. The fourth-order valence-corrected chi connectivity index (χ4v) is 6.80. The Labute approximate surface area is 116 Å². The Kier molecular flexibility index (Phi) is 2.27. The van der Waals surface area contributed by atoms with Gasteiger partial charge in [-0.2, -0.15) is 0 Å². The summed E-state index contributed by atoms with van der Waals surface area (Å²) in [6.07, 6.45) is 8.01. The van der Waals surface area contributed by atoms with Gasteiger partial charge in [0, 0.05) is 18.6 Å². The first kappa shape index (κ1) is 12.2. The van der Waals surface area contributed by atoms with E-state index in [1.807, 2.05) is 0 Å². The average molecular weight is 262 g/mol. The van der Waals surface area contributed by atoms with Crippen molar-refractivity contribution in [3.05, 3.63) is 0 Å². The molecule has 4 saturated carbocycles. The van der Waals surface area contributed by atoms with Crippen LogP contribution in [0.25, 0.3) is 0 Å². The second kappa shape index (κ2) is 3.55. The summed E-state index contributed by atoms with van der Waals surface area (Å²) in [5, 5.41) is 3.22. The number of carbonyl (C=O) groups excluding carboxylic acids is 1. The maximum absolute atomic E-state index is 12.4. The quantitative estimate of drug-likeness (QED) is 0.785. The van der Waals surface area contributed by atoms with Crippen molar-refractivity contribution in [2.75, 3.05) is 19.6 Å². The summed E-state index contributed by atoms with van der Waals surface area (Å²) < 4.78 is 0. The van der Waals surface area contributed by atoms with E-state index >= 15 is 0 Å². The zero-order chi connectivity index (χ0) is 13.3. The van der Waals surface area contributed by atoms with Crippen molar-refractivity contribution in [2.24, 2.45) is 16.7 Å². The van der Waals surface area contributed by atoms with Crippen LogP contribution in [0.2, 0.25) is 0 Å². The third-order valence-corrected chi connectivity index (χ3v) is 6.26. The van der Waals surface area contributed by atoms with Crippen molar-refractivity contribution >= 4 is 5.91 Å². The Bertz CT molecular complexity index is 414. The molecule has 5 aliphatic rings. The van der Waals surface area contributed by atoms with Gasteiger partial charge in [0.25, 0.3) is 0 Å². The third kappa shape index (κ3) is 1.70. The minimum absolute atomic E-state index is 0.210. The predicted octanol–water partition coefficient (Wildman–Crippen LogP) is 2.17. The molecule has 2 unspecified atom stereocenters. The van der Waals surface area contributed by atoms with Gasteiger partial charge in [0.2, 0.25) is 5.91 Å². The van der Waals surface area contributed by atoms with Gasteiger partial charge in [0.05, 0.1) is 6.54 Å². The smallest absolute Gasteiger partial charge is 0.237 e. The van der Waals surface area contributed by atoms with Crippen LogP contribution in [0.1, 0.15) is 52.4 Å². The zero-order valence-corrected chi connectivity index (χ0v) is 12.3. The predicted molar refractivity (Wildman–Crippen MR) is 74.7 cm³/mol. The summed E-state index contributed by atoms with van der Waals surface area (Å²) in [5.74, 6) is 1.22. The van der Waals surface area contributed by atoms with E-state index < -0.39 is 0 Å². The molecule has 1 aliphatic heterocycles. The highest BCUT2D eigenvalue weighted by atomic mass is 16.2. The van der Waals surface area contributed by atoms with Crippen molar-refractivity contribution in [3.8, 4) is 0 Å². The summed E-state index contributed by atoms with van der Waals surface area (Å²) in [5.41, 5.74) is 1.21. The molecule has 4 aliphatic carbocycles. The number of piperazine rings is 1. The molecular formula is C16H26N2O. The van der Waals surface area contributed by atoms with Gasteiger partial charge >= 0.3 is 0 Å². The fourth-order valence-electron chi connectivity index (χ4n) is 6.80. The van der Waals surface area contributed by atoms with Crippen molar-refractivity contribution in [3.63, 3.8) is 0 Å². The lowest BCUT2D eigenvalue weighted by atomic mass is 9.42. The first-order valence-electron chi connectivity index (χ1n) is 7.93. The molecule has 106 valence electrons. The molecule has 5 rings (SSSR count). The molecule has 1 N–H and O–H groups in total. The number of hydrogen-bond donors (Lipinski definition) is 1. The molecule has 0 spiro atoms. The summed E-state index contributed by atoms with van der Waals surface area (Å²) in [6, 6.07) is 0. The summed E-state index contributed by atoms with van der Waals surface area (Å²) in [4.78, 5) is 14.7. The van der Waals surface area contributed by atoms with Crippen LogP contribution in [0.15, 0.2) is 0 Å². The van der Waals surface area contributed by atoms with Crippen LogP contribution in [0.3, 0.4) is 0 Å². The summed E-state index contributed by atoms with van der Waals surface area (Å²) in [7, 11) is 0. The number of nitrogens with one attached hydrogen (secondary N) is 1. The molecule has 3 nitrogen and oxygen atoms in total. The molecule has 0 aromatic heterocycles. The number of nitrogens with zero attached hydrogens (tertiary/aromatic N) is 1. The van der Waals surface area contributed by atoms with Crippen LogP contribution in [-0.4, -0.2) is 36.0 Å². The van der Waals surface area contributed by atoms with Crippen molar-refractivity contribution < 1.29 is 4.79 Å². The molecule has 2 atom stereocenters. The van der Waals surface area contributed by atoms with Gasteiger partial charge in [-0.25, -0.2) is 0 Å². The molecule has 1 heterocycles. The molecule has 19 heavy (non-hydrogen) atoms. The van der Waals surface area contributed by atoms with Gasteiger partial charge in [-0.15, -0.1) is 0 Å². The lowest BCUT2D eigenvalue weighted by Crippen LogP contribution is -2.68. The first-order valence-corrected chi connectivity index (χ1v) is 7.93. The Morgan fingerprint density at radius 1 is 1.11 bits per heavy atom. The van der Waals surface area contributed by atoms with E-state index in [1.165, 1.54) is 38.5 Å². The Hall–Kier alpha value is -0.570. The number of carbonyl (C=O) groups is 1. The van der Waals surface area contributed by atoms with Crippen LogP contribution < -0.4 is 5.32 Å². The largest absolute Gasteiger partial charge is 0.335 e. The van der Waals surface area contributed by atoms with E-state index in [0.29, 0.717) is 23.3 Å². The van der Waals surface area contributed by atoms with E-state index in [9.17, 15) is 4.79 Å². The van der Waals surface area contributed by atoms with E-state index in [1.54, 1.807) is 0 Å². The monoisotopic (exact) mass is 262 g/mol. The first-order chi connectivity index (χ1) is 8.92. The zero-order valence-electron chi connectivity index (χ0n) is 12.3. The SMILES string of the molecule is CC12CC3CC(C)(C1)CC(N1CCNCC1=O)(C3)C2. The maximum atomic E-state index is 12.4. The van der Waals surface area contributed by atoms with Gasteiger partial charge in [0.1, 0.15) is 0 Å².